The van der Waals surface area contributed by atoms with Crippen LogP contribution >= 0.6 is 0 Å². The van der Waals surface area contributed by atoms with Gasteiger partial charge < -0.3 is 9.63 Å². The van der Waals surface area contributed by atoms with E-state index in [1.807, 2.05) is 24.3 Å². The van der Waals surface area contributed by atoms with Crippen molar-refractivity contribution in [1.82, 2.24) is 10.5 Å². The summed E-state index contributed by atoms with van der Waals surface area (Å²) in [7, 11) is 0. The monoisotopic (exact) mass is 227 g/mol. The molecule has 1 aliphatic rings. The van der Waals surface area contributed by atoms with Crippen LogP contribution in [0.5, 0.6) is 0 Å². The molecule has 83 valence electrons. The molecule has 2 heterocycles. The zero-order valence-electron chi connectivity index (χ0n) is 8.62. The summed E-state index contributed by atoms with van der Waals surface area (Å²) in [6.45, 7) is 0. The molecule has 0 saturated heterocycles. The van der Waals surface area contributed by atoms with Crippen molar-refractivity contribution in [2.75, 3.05) is 0 Å². The van der Waals surface area contributed by atoms with Gasteiger partial charge in [-0.1, -0.05) is 23.4 Å². The van der Waals surface area contributed by atoms with Crippen molar-refractivity contribution in [2.24, 2.45) is 0 Å². The first-order chi connectivity index (χ1) is 8.25. The second-order valence-corrected chi connectivity index (χ2v) is 3.57. The van der Waals surface area contributed by atoms with Crippen molar-refractivity contribution in [3.8, 4) is 0 Å². The number of hydrogen-bond acceptors (Lipinski definition) is 3. The molecule has 1 aromatic carbocycles. The third kappa shape index (κ3) is 1.48. The second kappa shape index (κ2) is 3.48. The van der Waals surface area contributed by atoms with E-state index in [9.17, 15) is 4.79 Å². The number of hydrogen-bond donors (Lipinski definition) is 1. The van der Waals surface area contributed by atoms with Gasteiger partial charge in [0.1, 0.15) is 0 Å². The standard InChI is InChI=1S/C12H7N2O3/c15-12(16)10-5-11(17-14-10)8-6-13-9-4-2-1-3-7(8)9/h1-6H,(H,15,16). The number of nitrogens with zero attached hydrogens (tertiary/aromatic N) is 2. The smallest absolute Gasteiger partial charge is 0.358 e. The Kier molecular flexibility index (Phi) is 1.98. The minimum Gasteiger partial charge on any atom is -0.476 e. The summed E-state index contributed by atoms with van der Waals surface area (Å²) < 4.78 is 5.01. The summed E-state index contributed by atoms with van der Waals surface area (Å²) in [5.74, 6) is -0.695. The molecule has 1 N–H and O–H groups in total. The van der Waals surface area contributed by atoms with Crippen molar-refractivity contribution in [2.45, 2.75) is 0 Å². The van der Waals surface area contributed by atoms with Gasteiger partial charge in [0.2, 0.25) is 0 Å². The largest absolute Gasteiger partial charge is 0.476 e. The van der Waals surface area contributed by atoms with Gasteiger partial charge in [0.15, 0.2) is 11.5 Å². The third-order valence-corrected chi connectivity index (χ3v) is 2.52. The van der Waals surface area contributed by atoms with Gasteiger partial charge in [-0.05, 0) is 6.07 Å². The van der Waals surface area contributed by atoms with Crippen LogP contribution in [0.1, 0.15) is 21.8 Å². The first-order valence-electron chi connectivity index (χ1n) is 4.96. The van der Waals surface area contributed by atoms with Crippen molar-refractivity contribution in [1.29, 1.82) is 0 Å². The Labute approximate surface area is 96.4 Å². The highest BCUT2D eigenvalue weighted by Gasteiger charge is 2.21. The summed E-state index contributed by atoms with van der Waals surface area (Å²) >= 11 is 0. The lowest BCUT2D eigenvalue weighted by Crippen LogP contribution is -1.94. The number of fused-ring (bicyclic) bond motifs is 1. The molecule has 1 aliphatic heterocycles. The van der Waals surface area contributed by atoms with Crippen LogP contribution in [0.25, 0.3) is 5.57 Å². The van der Waals surface area contributed by atoms with Gasteiger partial charge in [0, 0.05) is 23.4 Å². The van der Waals surface area contributed by atoms with Crippen LogP contribution in [0.3, 0.4) is 0 Å². The lowest BCUT2D eigenvalue weighted by atomic mass is 10.1. The van der Waals surface area contributed by atoms with Crippen molar-refractivity contribution in [3.05, 3.63) is 53.5 Å². The molecular weight excluding hydrogens is 220 g/mol. The Morgan fingerprint density at radius 2 is 2.12 bits per heavy atom. The van der Waals surface area contributed by atoms with E-state index >= 15 is 0 Å². The van der Waals surface area contributed by atoms with Gasteiger partial charge in [-0.2, -0.15) is 0 Å². The molecule has 0 fully saturated rings. The molecule has 5 heteroatoms. The number of carbonyl (C=O) groups is 1. The Bertz CT molecular complexity index is 628. The van der Waals surface area contributed by atoms with E-state index in [2.05, 4.69) is 10.5 Å². The minimum absolute atomic E-state index is 0.106. The van der Waals surface area contributed by atoms with Crippen molar-refractivity contribution < 1.29 is 14.4 Å². The van der Waals surface area contributed by atoms with Crippen LogP contribution < -0.4 is 5.32 Å². The Morgan fingerprint density at radius 3 is 2.88 bits per heavy atom. The molecule has 0 atom stereocenters. The molecule has 0 saturated carbocycles. The van der Waals surface area contributed by atoms with E-state index < -0.39 is 5.97 Å². The van der Waals surface area contributed by atoms with Crippen LogP contribution in [0.2, 0.25) is 0 Å². The average molecular weight is 227 g/mol. The average Bonchev–Trinajstić information content (AvgIpc) is 2.95. The van der Waals surface area contributed by atoms with Crippen LogP contribution in [0, 0.1) is 0 Å². The number of carboxylic acid groups (broad SMARTS) is 1. The van der Waals surface area contributed by atoms with Gasteiger partial charge in [-0.25, -0.2) is 4.79 Å². The predicted molar refractivity (Wildman–Crippen MR) is 58.8 cm³/mol. The Hall–Kier alpha value is -2.56. The molecule has 17 heavy (non-hydrogen) atoms. The lowest BCUT2D eigenvalue weighted by molar-refractivity contribution is 0.0685. The number of aromatic nitrogens is 1. The van der Waals surface area contributed by atoms with Gasteiger partial charge in [-0.15, -0.1) is 0 Å². The van der Waals surface area contributed by atoms with Gasteiger partial charge in [-0.3, -0.25) is 5.32 Å². The molecule has 0 amide bonds. The maximum Gasteiger partial charge on any atom is 0.358 e. The molecule has 1 radical (unpaired) electrons. The van der Waals surface area contributed by atoms with Crippen molar-refractivity contribution >= 4 is 17.2 Å². The fourth-order valence-corrected chi connectivity index (χ4v) is 1.72. The highest BCUT2D eigenvalue weighted by atomic mass is 16.5. The molecule has 0 aliphatic carbocycles. The maximum absolute atomic E-state index is 10.7. The lowest BCUT2D eigenvalue weighted by Gasteiger charge is -1.98. The van der Waals surface area contributed by atoms with E-state index in [0.717, 1.165) is 16.8 Å². The summed E-state index contributed by atoms with van der Waals surface area (Å²) in [5.41, 5.74) is 2.40. The van der Waals surface area contributed by atoms with E-state index in [1.54, 1.807) is 6.20 Å². The fraction of sp³-hybridized carbons (Fsp3) is 0. The number of benzene rings is 1. The Morgan fingerprint density at radius 1 is 1.29 bits per heavy atom. The van der Waals surface area contributed by atoms with Gasteiger partial charge >= 0.3 is 5.97 Å². The summed E-state index contributed by atoms with van der Waals surface area (Å²) in [6.07, 6.45) is 1.65. The number of carboxylic acids is 1. The third-order valence-electron chi connectivity index (χ3n) is 2.52. The van der Waals surface area contributed by atoms with Crippen LogP contribution in [-0.4, -0.2) is 16.2 Å². The first-order valence-corrected chi connectivity index (χ1v) is 4.96. The molecule has 0 spiro atoms. The molecule has 3 rings (SSSR count). The van der Waals surface area contributed by atoms with E-state index in [0.29, 0.717) is 5.76 Å². The summed E-state index contributed by atoms with van der Waals surface area (Å²) in [5, 5.41) is 16.5. The molecule has 0 bridgehead atoms. The molecule has 5 nitrogen and oxygen atoms in total. The normalized spacial score (nSPS) is 12.8. The number of aromatic carboxylic acids is 1. The molecule has 0 unspecified atom stereocenters. The van der Waals surface area contributed by atoms with E-state index in [1.165, 1.54) is 6.07 Å². The van der Waals surface area contributed by atoms with Gasteiger partial charge in [0.05, 0.1) is 5.69 Å². The SMILES string of the molecule is O=C(O)c1cc(C2=C[N]c3ccccc32)on1. The Balaban J connectivity index is 2.04. The van der Waals surface area contributed by atoms with Crippen LogP contribution in [0.4, 0.5) is 5.69 Å². The molecule has 2 aromatic rings. The maximum atomic E-state index is 10.7. The zero-order chi connectivity index (χ0) is 11.8. The number of rotatable bonds is 2. The van der Waals surface area contributed by atoms with Crippen molar-refractivity contribution in [3.63, 3.8) is 0 Å². The second-order valence-electron chi connectivity index (χ2n) is 3.57. The number of para-hydroxylation sites is 1. The van der Waals surface area contributed by atoms with Gasteiger partial charge in [0.25, 0.3) is 0 Å². The molecule has 1 aromatic heterocycles. The fourth-order valence-electron chi connectivity index (χ4n) is 1.72. The highest BCUT2D eigenvalue weighted by molar-refractivity contribution is 5.90. The predicted octanol–water partition coefficient (Wildman–Crippen LogP) is 2.01. The first kappa shape index (κ1) is 9.65. The summed E-state index contributed by atoms with van der Waals surface area (Å²) in [4.78, 5) is 10.7. The quantitative estimate of drug-likeness (QED) is 0.851. The van der Waals surface area contributed by atoms with Crippen LogP contribution in [-0.2, 0) is 0 Å². The molecular formula is C12H7N2O3. The topological polar surface area (TPSA) is 77.4 Å². The van der Waals surface area contributed by atoms with E-state index in [-0.39, 0.29) is 5.69 Å². The highest BCUT2D eigenvalue weighted by Crippen LogP contribution is 2.34. The zero-order valence-corrected chi connectivity index (χ0v) is 8.62. The summed E-state index contributed by atoms with van der Waals surface area (Å²) in [6, 6.07) is 8.96. The van der Waals surface area contributed by atoms with Crippen LogP contribution in [0.15, 0.2) is 41.1 Å². The minimum atomic E-state index is -1.11. The van der Waals surface area contributed by atoms with E-state index in [4.69, 9.17) is 9.63 Å².